The lowest BCUT2D eigenvalue weighted by atomic mass is 10.0. The van der Waals surface area contributed by atoms with Gasteiger partial charge in [-0.2, -0.15) is 0 Å². The van der Waals surface area contributed by atoms with Gasteiger partial charge in [-0.15, -0.1) is 0 Å². The van der Waals surface area contributed by atoms with Crippen molar-refractivity contribution in [2.45, 2.75) is 30.8 Å². The third kappa shape index (κ3) is 7.37. The minimum atomic E-state index is -4.28. The number of nitrogens with one attached hydrogen (secondary N) is 1. The number of halogens is 1. The van der Waals surface area contributed by atoms with E-state index in [2.05, 4.69) is 5.32 Å². The second-order valence-corrected chi connectivity index (χ2v) is 11.5. The van der Waals surface area contributed by atoms with Crippen LogP contribution in [0.1, 0.15) is 16.7 Å². The minimum Gasteiger partial charge on any atom is -0.357 e. The highest BCUT2D eigenvalue weighted by atomic mass is 32.2. The van der Waals surface area contributed by atoms with Gasteiger partial charge in [0.1, 0.15) is 18.4 Å². The van der Waals surface area contributed by atoms with Gasteiger partial charge in [-0.1, -0.05) is 78.4 Å². The number of aryl methyl sites for hydroxylation is 1. The van der Waals surface area contributed by atoms with Gasteiger partial charge in [0.25, 0.3) is 10.0 Å². The fourth-order valence-electron chi connectivity index (χ4n) is 4.47. The number of hydrogen-bond donors (Lipinski definition) is 1. The molecule has 0 unspecified atom stereocenters. The maximum Gasteiger partial charge on any atom is 0.264 e. The molecule has 2 amide bonds. The molecule has 212 valence electrons. The molecule has 0 bridgehead atoms. The number of carbonyl (C=O) groups excluding carboxylic acids is 2. The van der Waals surface area contributed by atoms with Crippen molar-refractivity contribution in [1.29, 1.82) is 0 Å². The number of carbonyl (C=O) groups is 2. The SMILES string of the molecule is CNC(=O)[C@@H](Cc1ccccc1)N(Cc1ccccc1)C(=O)CN(c1ccc(C)cc1)S(=O)(=O)c1ccc(F)cc1. The Labute approximate surface area is 240 Å². The molecule has 0 heterocycles. The third-order valence-electron chi connectivity index (χ3n) is 6.72. The Kier molecular flexibility index (Phi) is 9.52. The van der Waals surface area contributed by atoms with E-state index in [0.29, 0.717) is 0 Å². The number of benzene rings is 4. The molecule has 0 saturated heterocycles. The number of sulfonamides is 1. The van der Waals surface area contributed by atoms with Crippen LogP contribution in [0.4, 0.5) is 10.1 Å². The Morgan fingerprint density at radius 1 is 0.805 bits per heavy atom. The zero-order chi connectivity index (χ0) is 29.4. The predicted molar refractivity (Wildman–Crippen MR) is 157 cm³/mol. The van der Waals surface area contributed by atoms with Gasteiger partial charge in [0.2, 0.25) is 11.8 Å². The summed E-state index contributed by atoms with van der Waals surface area (Å²) in [4.78, 5) is 28.6. The third-order valence-corrected chi connectivity index (χ3v) is 8.50. The molecule has 41 heavy (non-hydrogen) atoms. The molecule has 4 rings (SSSR count). The van der Waals surface area contributed by atoms with Gasteiger partial charge in [0.05, 0.1) is 10.6 Å². The van der Waals surface area contributed by atoms with Gasteiger partial charge in [-0.25, -0.2) is 12.8 Å². The minimum absolute atomic E-state index is 0.0862. The van der Waals surface area contributed by atoms with Crippen LogP contribution in [-0.4, -0.2) is 44.8 Å². The van der Waals surface area contributed by atoms with E-state index in [-0.39, 0.29) is 29.5 Å². The number of likely N-dealkylation sites (N-methyl/N-ethyl adjacent to an activating group) is 1. The first-order valence-corrected chi connectivity index (χ1v) is 14.6. The van der Waals surface area contributed by atoms with E-state index >= 15 is 0 Å². The van der Waals surface area contributed by atoms with Gasteiger partial charge in [0, 0.05) is 20.0 Å². The van der Waals surface area contributed by atoms with Crippen molar-refractivity contribution in [3.63, 3.8) is 0 Å². The van der Waals surface area contributed by atoms with Crippen LogP contribution in [-0.2, 0) is 32.6 Å². The van der Waals surface area contributed by atoms with Crippen molar-refractivity contribution < 1.29 is 22.4 Å². The number of nitrogens with zero attached hydrogens (tertiary/aromatic N) is 2. The van der Waals surface area contributed by atoms with E-state index in [0.717, 1.165) is 33.1 Å². The molecule has 0 aliphatic rings. The topological polar surface area (TPSA) is 86.8 Å². The summed E-state index contributed by atoms with van der Waals surface area (Å²) in [5.41, 5.74) is 2.81. The highest BCUT2D eigenvalue weighted by Crippen LogP contribution is 2.25. The summed E-state index contributed by atoms with van der Waals surface area (Å²) >= 11 is 0. The molecule has 0 aromatic heterocycles. The molecule has 1 atom stereocenters. The van der Waals surface area contributed by atoms with Crippen molar-refractivity contribution in [3.8, 4) is 0 Å². The smallest absolute Gasteiger partial charge is 0.264 e. The van der Waals surface area contributed by atoms with E-state index in [1.54, 1.807) is 24.3 Å². The Morgan fingerprint density at radius 3 is 1.93 bits per heavy atom. The van der Waals surface area contributed by atoms with Crippen LogP contribution in [0.25, 0.3) is 0 Å². The van der Waals surface area contributed by atoms with Crippen LogP contribution >= 0.6 is 0 Å². The lowest BCUT2D eigenvalue weighted by molar-refractivity contribution is -0.139. The number of anilines is 1. The van der Waals surface area contributed by atoms with E-state index in [1.807, 2.05) is 67.6 Å². The predicted octanol–water partition coefficient (Wildman–Crippen LogP) is 4.72. The number of hydrogen-bond acceptors (Lipinski definition) is 4. The number of rotatable bonds is 11. The second kappa shape index (κ2) is 13.2. The van der Waals surface area contributed by atoms with Crippen LogP contribution in [0, 0.1) is 12.7 Å². The maximum absolute atomic E-state index is 14.2. The molecule has 0 saturated carbocycles. The van der Waals surface area contributed by atoms with Gasteiger partial charge < -0.3 is 10.2 Å². The molecule has 4 aromatic carbocycles. The molecule has 0 spiro atoms. The average molecular weight is 574 g/mol. The molecule has 0 fully saturated rings. The van der Waals surface area contributed by atoms with Crippen LogP contribution in [0.15, 0.2) is 114 Å². The molecule has 4 aromatic rings. The molecule has 7 nitrogen and oxygen atoms in total. The standard InChI is InChI=1S/C32H32FN3O4S/c1-24-13-17-28(18-14-24)36(41(39,40)29-19-15-27(33)16-20-29)23-31(37)35(22-26-11-7-4-8-12-26)30(32(38)34-2)21-25-9-5-3-6-10-25/h3-20,30H,21-23H2,1-2H3,(H,34,38)/t30-/m1/s1. The molecular formula is C32H32FN3O4S. The van der Waals surface area contributed by atoms with Crippen molar-refractivity contribution in [3.05, 3.63) is 132 Å². The lowest BCUT2D eigenvalue weighted by Gasteiger charge is -2.33. The lowest BCUT2D eigenvalue weighted by Crippen LogP contribution is -2.53. The molecular weight excluding hydrogens is 541 g/mol. The summed E-state index contributed by atoms with van der Waals surface area (Å²) in [6, 6.07) is 28.8. The van der Waals surface area contributed by atoms with Crippen LogP contribution in [0.2, 0.25) is 0 Å². The average Bonchev–Trinajstić information content (AvgIpc) is 2.99. The summed E-state index contributed by atoms with van der Waals surface area (Å²) in [5, 5.41) is 2.66. The monoisotopic (exact) mass is 573 g/mol. The Hall–Kier alpha value is -4.50. The van der Waals surface area contributed by atoms with Gasteiger partial charge in [-0.3, -0.25) is 13.9 Å². The molecule has 0 aliphatic heterocycles. The number of amides is 2. The van der Waals surface area contributed by atoms with Crippen molar-refractivity contribution >= 4 is 27.5 Å². The summed E-state index contributed by atoms with van der Waals surface area (Å²) in [7, 11) is -2.77. The Balaban J connectivity index is 1.77. The molecule has 0 radical (unpaired) electrons. The van der Waals surface area contributed by atoms with E-state index < -0.39 is 34.3 Å². The second-order valence-electron chi connectivity index (χ2n) is 9.63. The van der Waals surface area contributed by atoms with Crippen molar-refractivity contribution in [2.24, 2.45) is 0 Å². The van der Waals surface area contributed by atoms with Crippen molar-refractivity contribution in [2.75, 3.05) is 17.9 Å². The summed E-state index contributed by atoms with van der Waals surface area (Å²) in [6.45, 7) is 1.38. The molecule has 9 heteroatoms. The summed E-state index contributed by atoms with van der Waals surface area (Å²) < 4.78 is 42.3. The molecule has 0 aliphatic carbocycles. The van der Waals surface area contributed by atoms with Crippen molar-refractivity contribution in [1.82, 2.24) is 10.2 Å². The van der Waals surface area contributed by atoms with Gasteiger partial charge in [-0.05, 0) is 54.4 Å². The Morgan fingerprint density at radius 2 is 1.37 bits per heavy atom. The first-order valence-electron chi connectivity index (χ1n) is 13.1. The first-order chi connectivity index (χ1) is 19.7. The summed E-state index contributed by atoms with van der Waals surface area (Å²) in [5.74, 6) is -1.52. The van der Waals surface area contributed by atoms with Gasteiger partial charge in [0.15, 0.2) is 0 Å². The van der Waals surface area contributed by atoms with E-state index in [4.69, 9.17) is 0 Å². The van der Waals surface area contributed by atoms with Crippen LogP contribution in [0.3, 0.4) is 0 Å². The van der Waals surface area contributed by atoms with Crippen LogP contribution in [0.5, 0.6) is 0 Å². The quantitative estimate of drug-likeness (QED) is 0.282. The zero-order valence-electron chi connectivity index (χ0n) is 22.9. The fraction of sp³-hybridized carbons (Fsp3) is 0.188. The largest absolute Gasteiger partial charge is 0.357 e. The van der Waals surface area contributed by atoms with Gasteiger partial charge >= 0.3 is 0 Å². The highest BCUT2D eigenvalue weighted by molar-refractivity contribution is 7.92. The first kappa shape index (κ1) is 29.5. The van der Waals surface area contributed by atoms with E-state index in [1.165, 1.54) is 24.1 Å². The highest BCUT2D eigenvalue weighted by Gasteiger charge is 2.34. The fourth-order valence-corrected chi connectivity index (χ4v) is 5.89. The maximum atomic E-state index is 14.2. The summed E-state index contributed by atoms with van der Waals surface area (Å²) in [6.07, 6.45) is 0.230. The molecule has 1 N–H and O–H groups in total. The Bertz CT molecular complexity index is 1560. The zero-order valence-corrected chi connectivity index (χ0v) is 23.7. The normalized spacial score (nSPS) is 11.9. The van der Waals surface area contributed by atoms with Crippen LogP contribution < -0.4 is 9.62 Å². The van der Waals surface area contributed by atoms with E-state index in [9.17, 15) is 22.4 Å².